The number of hydrogen-bond acceptors (Lipinski definition) is 2. The molecule has 0 saturated carbocycles. The molecule has 1 aromatic carbocycles. The first-order chi connectivity index (χ1) is 8.88. The zero-order valence-electron chi connectivity index (χ0n) is 11.8. The van der Waals surface area contributed by atoms with Gasteiger partial charge in [-0.3, -0.25) is 0 Å². The van der Waals surface area contributed by atoms with Crippen molar-refractivity contribution in [2.45, 2.75) is 45.6 Å². The molecule has 1 rings (SSSR count). The number of benzene rings is 1. The zero-order chi connectivity index (χ0) is 13.1. The molecule has 18 heavy (non-hydrogen) atoms. The third-order valence-electron chi connectivity index (χ3n) is 3.14. The first-order valence-electron chi connectivity index (χ1n) is 7.24. The van der Waals surface area contributed by atoms with E-state index in [2.05, 4.69) is 61.3 Å². The third-order valence-corrected chi connectivity index (χ3v) is 4.12. The third kappa shape index (κ3) is 6.46. The molecule has 0 fully saturated rings. The summed E-state index contributed by atoms with van der Waals surface area (Å²) in [6.45, 7) is 5.47. The molecule has 1 aromatic rings. The highest BCUT2D eigenvalue weighted by atomic mass is 32.2. The van der Waals surface area contributed by atoms with E-state index in [1.165, 1.54) is 42.8 Å². The minimum Gasteiger partial charge on any atom is -0.310 e. The SMILES string of the molecule is CCNC(CCCCCSCC)c1ccccc1. The lowest BCUT2D eigenvalue weighted by atomic mass is 10.0. The lowest BCUT2D eigenvalue weighted by Crippen LogP contribution is -2.20. The number of rotatable bonds is 10. The van der Waals surface area contributed by atoms with Crippen molar-refractivity contribution in [3.63, 3.8) is 0 Å². The Labute approximate surface area is 117 Å². The average molecular weight is 265 g/mol. The molecule has 102 valence electrons. The van der Waals surface area contributed by atoms with Crippen LogP contribution < -0.4 is 5.32 Å². The topological polar surface area (TPSA) is 12.0 Å². The summed E-state index contributed by atoms with van der Waals surface area (Å²) in [5.74, 6) is 2.58. The van der Waals surface area contributed by atoms with Crippen LogP contribution in [0.1, 0.15) is 51.1 Å². The van der Waals surface area contributed by atoms with Crippen molar-refractivity contribution in [2.24, 2.45) is 0 Å². The molecule has 1 unspecified atom stereocenters. The number of nitrogens with one attached hydrogen (secondary N) is 1. The Morgan fingerprint density at radius 3 is 2.50 bits per heavy atom. The van der Waals surface area contributed by atoms with Gasteiger partial charge in [-0.05, 0) is 36.5 Å². The smallest absolute Gasteiger partial charge is 0.0320 e. The maximum atomic E-state index is 3.60. The van der Waals surface area contributed by atoms with Crippen molar-refractivity contribution < 1.29 is 0 Å². The van der Waals surface area contributed by atoms with Crippen LogP contribution in [0.5, 0.6) is 0 Å². The molecule has 1 atom stereocenters. The van der Waals surface area contributed by atoms with Crippen LogP contribution in [0, 0.1) is 0 Å². The molecule has 0 aliphatic heterocycles. The van der Waals surface area contributed by atoms with Crippen LogP contribution in [0.2, 0.25) is 0 Å². The first-order valence-corrected chi connectivity index (χ1v) is 8.40. The Balaban J connectivity index is 2.26. The summed E-state index contributed by atoms with van der Waals surface area (Å²) in [5, 5.41) is 3.60. The molecule has 2 heteroatoms. The van der Waals surface area contributed by atoms with Gasteiger partial charge in [0.2, 0.25) is 0 Å². The van der Waals surface area contributed by atoms with Gasteiger partial charge in [0.1, 0.15) is 0 Å². The molecule has 0 spiro atoms. The van der Waals surface area contributed by atoms with E-state index in [4.69, 9.17) is 0 Å². The van der Waals surface area contributed by atoms with Gasteiger partial charge < -0.3 is 5.32 Å². The van der Waals surface area contributed by atoms with E-state index in [0.717, 1.165) is 6.54 Å². The predicted molar refractivity (Wildman–Crippen MR) is 84.3 cm³/mol. The van der Waals surface area contributed by atoms with Gasteiger partial charge in [-0.2, -0.15) is 11.8 Å². The van der Waals surface area contributed by atoms with Crippen molar-refractivity contribution in [1.82, 2.24) is 5.32 Å². The van der Waals surface area contributed by atoms with Gasteiger partial charge in [0, 0.05) is 6.04 Å². The summed E-state index contributed by atoms with van der Waals surface area (Å²) in [6.07, 6.45) is 5.32. The summed E-state index contributed by atoms with van der Waals surface area (Å²) in [6, 6.07) is 11.4. The van der Waals surface area contributed by atoms with E-state index >= 15 is 0 Å². The van der Waals surface area contributed by atoms with E-state index in [1.807, 2.05) is 0 Å². The fourth-order valence-electron chi connectivity index (χ4n) is 2.19. The van der Waals surface area contributed by atoms with Gasteiger partial charge >= 0.3 is 0 Å². The average Bonchev–Trinajstić information content (AvgIpc) is 2.42. The van der Waals surface area contributed by atoms with Gasteiger partial charge in [-0.1, -0.05) is 57.0 Å². The molecule has 0 amide bonds. The number of hydrogen-bond donors (Lipinski definition) is 1. The van der Waals surface area contributed by atoms with Crippen molar-refractivity contribution in [3.05, 3.63) is 35.9 Å². The summed E-state index contributed by atoms with van der Waals surface area (Å²) >= 11 is 2.06. The standard InChI is InChI=1S/C16H27NS/c1-3-17-16(15-11-7-5-8-12-15)13-9-6-10-14-18-4-2/h5,7-8,11-12,16-17H,3-4,6,9-10,13-14H2,1-2H3. The highest BCUT2D eigenvalue weighted by Crippen LogP contribution is 2.20. The summed E-state index contributed by atoms with van der Waals surface area (Å²) < 4.78 is 0. The van der Waals surface area contributed by atoms with E-state index < -0.39 is 0 Å². The molecule has 0 heterocycles. The molecule has 1 N–H and O–H groups in total. The lowest BCUT2D eigenvalue weighted by Gasteiger charge is -2.18. The molecule has 1 nitrogen and oxygen atoms in total. The van der Waals surface area contributed by atoms with Crippen LogP contribution in [0.3, 0.4) is 0 Å². The first kappa shape index (κ1) is 15.6. The normalized spacial score (nSPS) is 12.6. The van der Waals surface area contributed by atoms with Crippen LogP contribution >= 0.6 is 11.8 Å². The Morgan fingerprint density at radius 2 is 1.83 bits per heavy atom. The van der Waals surface area contributed by atoms with E-state index in [1.54, 1.807) is 0 Å². The van der Waals surface area contributed by atoms with Crippen LogP contribution in [0.4, 0.5) is 0 Å². The monoisotopic (exact) mass is 265 g/mol. The Hall–Kier alpha value is -0.470. The second-order valence-electron chi connectivity index (χ2n) is 4.57. The van der Waals surface area contributed by atoms with Gasteiger partial charge in [0.05, 0.1) is 0 Å². The van der Waals surface area contributed by atoms with Gasteiger partial charge in [0.15, 0.2) is 0 Å². The maximum absolute atomic E-state index is 3.60. The Bertz CT molecular complexity index is 286. The van der Waals surface area contributed by atoms with Gasteiger partial charge in [0.25, 0.3) is 0 Å². The maximum Gasteiger partial charge on any atom is 0.0320 e. The summed E-state index contributed by atoms with van der Waals surface area (Å²) in [7, 11) is 0. The van der Waals surface area contributed by atoms with Crippen molar-refractivity contribution in [3.8, 4) is 0 Å². The highest BCUT2D eigenvalue weighted by Gasteiger charge is 2.08. The molecule has 0 aliphatic carbocycles. The Kier molecular flexibility index (Phi) is 9.05. The van der Waals surface area contributed by atoms with Crippen molar-refractivity contribution in [2.75, 3.05) is 18.1 Å². The van der Waals surface area contributed by atoms with E-state index in [9.17, 15) is 0 Å². The molecular formula is C16H27NS. The Morgan fingerprint density at radius 1 is 1.06 bits per heavy atom. The van der Waals surface area contributed by atoms with Crippen LogP contribution in [-0.4, -0.2) is 18.1 Å². The van der Waals surface area contributed by atoms with Gasteiger partial charge in [-0.15, -0.1) is 0 Å². The van der Waals surface area contributed by atoms with Crippen molar-refractivity contribution >= 4 is 11.8 Å². The summed E-state index contributed by atoms with van der Waals surface area (Å²) in [5.41, 5.74) is 1.43. The summed E-state index contributed by atoms with van der Waals surface area (Å²) in [4.78, 5) is 0. The second-order valence-corrected chi connectivity index (χ2v) is 5.96. The van der Waals surface area contributed by atoms with Crippen LogP contribution in [0.25, 0.3) is 0 Å². The largest absolute Gasteiger partial charge is 0.310 e. The van der Waals surface area contributed by atoms with E-state index in [0.29, 0.717) is 6.04 Å². The predicted octanol–water partition coefficient (Wildman–Crippen LogP) is 4.65. The van der Waals surface area contributed by atoms with E-state index in [-0.39, 0.29) is 0 Å². The number of unbranched alkanes of at least 4 members (excludes halogenated alkanes) is 2. The van der Waals surface area contributed by atoms with Crippen LogP contribution in [-0.2, 0) is 0 Å². The molecule has 0 aliphatic rings. The lowest BCUT2D eigenvalue weighted by molar-refractivity contribution is 0.487. The molecular weight excluding hydrogens is 238 g/mol. The number of thioether (sulfide) groups is 1. The fraction of sp³-hybridized carbons (Fsp3) is 0.625. The van der Waals surface area contributed by atoms with Crippen LogP contribution in [0.15, 0.2) is 30.3 Å². The molecule has 0 radical (unpaired) electrons. The quantitative estimate of drug-likeness (QED) is 0.618. The minimum absolute atomic E-state index is 0.537. The second kappa shape index (κ2) is 10.5. The highest BCUT2D eigenvalue weighted by molar-refractivity contribution is 7.99. The molecule has 0 aromatic heterocycles. The minimum atomic E-state index is 0.537. The fourth-order valence-corrected chi connectivity index (χ4v) is 2.89. The van der Waals surface area contributed by atoms with Gasteiger partial charge in [-0.25, -0.2) is 0 Å². The zero-order valence-corrected chi connectivity index (χ0v) is 12.6. The molecule has 0 saturated heterocycles. The molecule has 0 bridgehead atoms. The van der Waals surface area contributed by atoms with Crippen molar-refractivity contribution in [1.29, 1.82) is 0 Å².